The Balaban J connectivity index is 1.55. The monoisotopic (exact) mass is 308 g/mol. The molecule has 2 atom stereocenters. The van der Waals surface area contributed by atoms with Gasteiger partial charge in [0.05, 0.1) is 12.1 Å². The molecule has 2 aliphatic heterocycles. The number of rotatable bonds is 4. The number of nitrogens with one attached hydrogen (secondary N) is 2. The molecule has 0 aliphatic carbocycles. The van der Waals surface area contributed by atoms with Crippen molar-refractivity contribution >= 4 is 23.2 Å². The minimum atomic E-state index is 0.0718. The summed E-state index contributed by atoms with van der Waals surface area (Å²) >= 11 is 6.07. The molecule has 2 heterocycles. The van der Waals surface area contributed by atoms with Gasteiger partial charge in [-0.2, -0.15) is 0 Å². The highest BCUT2D eigenvalue weighted by Crippen LogP contribution is 2.33. The first-order valence-electron chi connectivity index (χ1n) is 7.53. The number of halogens is 1. The molecule has 1 amide bonds. The number of piperidine rings is 1. The van der Waals surface area contributed by atoms with Gasteiger partial charge in [-0.1, -0.05) is 11.6 Å². The minimum Gasteiger partial charge on any atom is -0.495 e. The standard InChI is InChI=1S/C16H21ClN2O2/c1-21-15-5-4-13(9-14(15)17)19-16(20)8-10-6-11-2-3-12(7-10)18-11/h4-5,9-12,18H,2-3,6-8H2,1H3,(H,19,20). The molecule has 2 saturated heterocycles. The molecule has 1 aromatic rings. The normalized spacial score (nSPS) is 27.4. The van der Waals surface area contributed by atoms with Crippen molar-refractivity contribution in [2.45, 2.75) is 44.2 Å². The van der Waals surface area contributed by atoms with Gasteiger partial charge >= 0.3 is 0 Å². The lowest BCUT2D eigenvalue weighted by Crippen LogP contribution is -2.39. The summed E-state index contributed by atoms with van der Waals surface area (Å²) in [6, 6.07) is 6.55. The summed E-state index contributed by atoms with van der Waals surface area (Å²) in [5.41, 5.74) is 0.725. The van der Waals surface area contributed by atoms with E-state index in [1.807, 2.05) is 6.07 Å². The number of fused-ring (bicyclic) bond motifs is 2. The van der Waals surface area contributed by atoms with Gasteiger partial charge in [-0.25, -0.2) is 0 Å². The van der Waals surface area contributed by atoms with Crippen LogP contribution in [-0.2, 0) is 4.79 Å². The lowest BCUT2D eigenvalue weighted by molar-refractivity contribution is -0.117. The SMILES string of the molecule is COc1ccc(NC(=O)CC2CC3CCC(C2)N3)cc1Cl. The van der Waals surface area contributed by atoms with E-state index in [4.69, 9.17) is 16.3 Å². The van der Waals surface area contributed by atoms with Crippen LogP contribution in [-0.4, -0.2) is 25.1 Å². The fraction of sp³-hybridized carbons (Fsp3) is 0.562. The summed E-state index contributed by atoms with van der Waals surface area (Å²) in [5, 5.41) is 7.04. The molecule has 5 heteroatoms. The van der Waals surface area contributed by atoms with Gasteiger partial charge in [0, 0.05) is 24.2 Å². The third-order valence-electron chi connectivity index (χ3n) is 4.48. The number of amides is 1. The van der Waals surface area contributed by atoms with Crippen LogP contribution < -0.4 is 15.4 Å². The van der Waals surface area contributed by atoms with Gasteiger partial charge in [0.15, 0.2) is 0 Å². The average Bonchev–Trinajstić information content (AvgIpc) is 2.78. The van der Waals surface area contributed by atoms with Crippen molar-refractivity contribution in [3.63, 3.8) is 0 Å². The van der Waals surface area contributed by atoms with Gasteiger partial charge in [-0.05, 0) is 49.8 Å². The molecule has 0 aromatic heterocycles. The van der Waals surface area contributed by atoms with Gasteiger partial charge < -0.3 is 15.4 Å². The molecule has 2 aliphatic rings. The highest BCUT2D eigenvalue weighted by Gasteiger charge is 2.34. The van der Waals surface area contributed by atoms with Crippen LogP contribution in [0.15, 0.2) is 18.2 Å². The fourth-order valence-electron chi connectivity index (χ4n) is 3.56. The van der Waals surface area contributed by atoms with Gasteiger partial charge in [0.25, 0.3) is 0 Å². The zero-order valence-corrected chi connectivity index (χ0v) is 13.0. The predicted octanol–water partition coefficient (Wildman–Crippen LogP) is 3.21. The molecule has 2 bridgehead atoms. The van der Waals surface area contributed by atoms with Crippen LogP contribution in [0.3, 0.4) is 0 Å². The lowest BCUT2D eigenvalue weighted by Gasteiger charge is -2.28. The van der Waals surface area contributed by atoms with E-state index in [2.05, 4.69) is 10.6 Å². The minimum absolute atomic E-state index is 0.0718. The van der Waals surface area contributed by atoms with Crippen LogP contribution >= 0.6 is 11.6 Å². The van der Waals surface area contributed by atoms with Crippen LogP contribution in [0.4, 0.5) is 5.69 Å². The zero-order valence-electron chi connectivity index (χ0n) is 12.2. The Kier molecular flexibility index (Phi) is 4.36. The van der Waals surface area contributed by atoms with Crippen molar-refractivity contribution < 1.29 is 9.53 Å². The summed E-state index contributed by atoms with van der Waals surface area (Å²) in [7, 11) is 1.57. The van der Waals surface area contributed by atoms with Crippen LogP contribution in [0, 0.1) is 5.92 Å². The largest absolute Gasteiger partial charge is 0.495 e. The van der Waals surface area contributed by atoms with Crippen molar-refractivity contribution in [3.8, 4) is 5.75 Å². The molecule has 1 aromatic carbocycles. The highest BCUT2D eigenvalue weighted by atomic mass is 35.5. The third kappa shape index (κ3) is 3.50. The number of anilines is 1. The number of methoxy groups -OCH3 is 1. The van der Waals surface area contributed by atoms with Gasteiger partial charge in [0.1, 0.15) is 5.75 Å². The van der Waals surface area contributed by atoms with E-state index < -0.39 is 0 Å². The first-order chi connectivity index (χ1) is 10.1. The number of hydrogen-bond acceptors (Lipinski definition) is 3. The van der Waals surface area contributed by atoms with Crippen LogP contribution in [0.25, 0.3) is 0 Å². The average molecular weight is 309 g/mol. The second-order valence-corrected chi connectivity index (χ2v) is 6.48. The van der Waals surface area contributed by atoms with E-state index in [0.717, 1.165) is 18.5 Å². The molecule has 114 valence electrons. The maximum absolute atomic E-state index is 12.2. The van der Waals surface area contributed by atoms with Crippen molar-refractivity contribution in [2.24, 2.45) is 5.92 Å². The topological polar surface area (TPSA) is 50.4 Å². The van der Waals surface area contributed by atoms with Crippen LogP contribution in [0.1, 0.15) is 32.1 Å². The van der Waals surface area contributed by atoms with E-state index in [9.17, 15) is 4.79 Å². The van der Waals surface area contributed by atoms with Gasteiger partial charge in [-0.3, -0.25) is 4.79 Å². The summed E-state index contributed by atoms with van der Waals surface area (Å²) in [5.74, 6) is 1.18. The van der Waals surface area contributed by atoms with Crippen molar-refractivity contribution in [1.82, 2.24) is 5.32 Å². The third-order valence-corrected chi connectivity index (χ3v) is 4.78. The van der Waals surface area contributed by atoms with Gasteiger partial charge in [-0.15, -0.1) is 0 Å². The van der Waals surface area contributed by atoms with Crippen LogP contribution in [0.2, 0.25) is 5.02 Å². The van der Waals surface area contributed by atoms with Gasteiger partial charge in [0.2, 0.25) is 5.91 Å². The zero-order chi connectivity index (χ0) is 14.8. The number of carbonyl (C=O) groups excluding carboxylic acids is 1. The van der Waals surface area contributed by atoms with E-state index in [0.29, 0.717) is 35.2 Å². The van der Waals surface area contributed by atoms with Crippen LogP contribution in [0.5, 0.6) is 5.75 Å². The Hall–Kier alpha value is -1.26. The molecule has 0 radical (unpaired) electrons. The molecule has 2 unspecified atom stereocenters. The molecule has 4 nitrogen and oxygen atoms in total. The Morgan fingerprint density at radius 3 is 2.71 bits per heavy atom. The first kappa shape index (κ1) is 14.7. The summed E-state index contributed by atoms with van der Waals surface area (Å²) in [6.07, 6.45) is 5.35. The molecule has 2 N–H and O–H groups in total. The quantitative estimate of drug-likeness (QED) is 0.898. The Labute approximate surface area is 130 Å². The van der Waals surface area contributed by atoms with Crippen molar-refractivity contribution in [3.05, 3.63) is 23.2 Å². The number of carbonyl (C=O) groups is 1. The fourth-order valence-corrected chi connectivity index (χ4v) is 3.82. The molecule has 2 fully saturated rings. The van der Waals surface area contributed by atoms with E-state index in [1.54, 1.807) is 19.2 Å². The van der Waals surface area contributed by atoms with E-state index in [1.165, 1.54) is 12.8 Å². The summed E-state index contributed by atoms with van der Waals surface area (Å²) in [4.78, 5) is 12.2. The smallest absolute Gasteiger partial charge is 0.224 e. The molecular weight excluding hydrogens is 288 g/mol. The number of hydrogen-bond donors (Lipinski definition) is 2. The highest BCUT2D eigenvalue weighted by molar-refractivity contribution is 6.32. The molecule has 0 spiro atoms. The number of benzene rings is 1. The molecule has 21 heavy (non-hydrogen) atoms. The molecule has 3 rings (SSSR count). The predicted molar refractivity (Wildman–Crippen MR) is 83.9 cm³/mol. The maximum atomic E-state index is 12.2. The Morgan fingerprint density at radius 2 is 2.10 bits per heavy atom. The maximum Gasteiger partial charge on any atom is 0.224 e. The second kappa shape index (κ2) is 6.24. The number of ether oxygens (including phenoxy) is 1. The Morgan fingerprint density at radius 1 is 1.38 bits per heavy atom. The second-order valence-electron chi connectivity index (χ2n) is 6.08. The summed E-state index contributed by atoms with van der Waals surface area (Å²) in [6.45, 7) is 0. The lowest BCUT2D eigenvalue weighted by atomic mass is 9.89. The van der Waals surface area contributed by atoms with E-state index in [-0.39, 0.29) is 5.91 Å². The first-order valence-corrected chi connectivity index (χ1v) is 7.91. The van der Waals surface area contributed by atoms with E-state index >= 15 is 0 Å². The van der Waals surface area contributed by atoms with Crippen molar-refractivity contribution in [1.29, 1.82) is 0 Å². The summed E-state index contributed by atoms with van der Waals surface area (Å²) < 4.78 is 5.11. The molecular formula is C16H21ClN2O2. The Bertz CT molecular complexity index is 523. The van der Waals surface area contributed by atoms with Crippen molar-refractivity contribution in [2.75, 3.05) is 12.4 Å². The molecule has 0 saturated carbocycles.